The number of amides is 1. The van der Waals surface area contributed by atoms with E-state index >= 15 is 0 Å². The van der Waals surface area contributed by atoms with Gasteiger partial charge in [0.2, 0.25) is 0 Å². The first-order valence-corrected chi connectivity index (χ1v) is 9.92. The van der Waals surface area contributed by atoms with Gasteiger partial charge in [-0.3, -0.25) is 5.32 Å². The van der Waals surface area contributed by atoms with Crippen molar-refractivity contribution in [3.8, 4) is 6.07 Å². The van der Waals surface area contributed by atoms with Crippen LogP contribution >= 0.6 is 11.3 Å². The molecule has 1 aromatic heterocycles. The third kappa shape index (κ3) is 4.58. The zero-order chi connectivity index (χ0) is 21.8. The molecule has 0 saturated heterocycles. The van der Waals surface area contributed by atoms with Crippen molar-refractivity contribution in [2.45, 2.75) is 51.9 Å². The van der Waals surface area contributed by atoms with Crippen LogP contribution in [0.25, 0.3) is 0 Å². The number of alkyl carbamates (subject to hydrolysis) is 1. The van der Waals surface area contributed by atoms with Gasteiger partial charge >= 0.3 is 23.9 Å². The van der Waals surface area contributed by atoms with Crippen LogP contribution in [-0.2, 0) is 27.1 Å². The molecular weight excluding hydrogens is 411 g/mol. The van der Waals surface area contributed by atoms with E-state index in [0.717, 1.165) is 22.6 Å². The summed E-state index contributed by atoms with van der Waals surface area (Å²) in [6.45, 7) is 4.23. The Morgan fingerprint density at radius 2 is 1.93 bits per heavy atom. The van der Waals surface area contributed by atoms with Gasteiger partial charge in [-0.05, 0) is 44.6 Å². The maximum Gasteiger partial charge on any atom is 0.442 e. The highest BCUT2D eigenvalue weighted by molar-refractivity contribution is 7.16. The minimum Gasteiger partial charge on any atom is -0.463 e. The maximum atomic E-state index is 14.1. The van der Waals surface area contributed by atoms with Gasteiger partial charge in [0.25, 0.3) is 0 Å². The normalized spacial score (nSPS) is 18.0. The second kappa shape index (κ2) is 8.90. The van der Waals surface area contributed by atoms with E-state index in [1.807, 2.05) is 13.0 Å². The minimum absolute atomic E-state index is 0.0421. The summed E-state index contributed by atoms with van der Waals surface area (Å²) >= 11 is 0.976. The van der Waals surface area contributed by atoms with Gasteiger partial charge < -0.3 is 14.8 Å². The van der Waals surface area contributed by atoms with E-state index in [2.05, 4.69) is 14.8 Å². The molecule has 7 nitrogen and oxygen atoms in total. The van der Waals surface area contributed by atoms with Crippen molar-refractivity contribution in [2.24, 2.45) is 5.92 Å². The Morgan fingerprint density at radius 1 is 1.28 bits per heavy atom. The van der Waals surface area contributed by atoms with Crippen molar-refractivity contribution < 1.29 is 32.2 Å². The van der Waals surface area contributed by atoms with E-state index in [-0.39, 0.29) is 23.8 Å². The molecule has 2 atom stereocenters. The average molecular weight is 433 g/mol. The van der Waals surface area contributed by atoms with Crippen LogP contribution in [0.2, 0.25) is 0 Å². The van der Waals surface area contributed by atoms with Crippen LogP contribution in [0, 0.1) is 17.2 Å². The van der Waals surface area contributed by atoms with Crippen LogP contribution in [-0.4, -0.2) is 37.1 Å². The standard InChI is InChI=1S/C18H22F3N3O4S/c1-4-27-15(25)17(18(19,20)21,24-16(26)28-5-2)23-14-12(9-22)11-7-6-10(3)8-13(11)29-14/h10,23H,4-8H2,1-3H3,(H,24,26)/t10-,17+/m1/s1. The van der Waals surface area contributed by atoms with Gasteiger partial charge in [-0.2, -0.15) is 18.4 Å². The highest BCUT2D eigenvalue weighted by Crippen LogP contribution is 2.42. The first kappa shape index (κ1) is 22.8. The Balaban J connectivity index is 2.56. The number of nitrogens with zero attached hydrogens (tertiary/aromatic N) is 1. The molecule has 0 fully saturated rings. The lowest BCUT2D eigenvalue weighted by Crippen LogP contribution is -2.69. The van der Waals surface area contributed by atoms with Crippen molar-refractivity contribution >= 4 is 28.4 Å². The van der Waals surface area contributed by atoms with Crippen LogP contribution < -0.4 is 10.6 Å². The number of alkyl halides is 3. The number of nitrogens with one attached hydrogen (secondary N) is 2. The molecule has 1 amide bonds. The number of esters is 1. The van der Waals surface area contributed by atoms with E-state index in [1.165, 1.54) is 13.8 Å². The lowest BCUT2D eigenvalue weighted by molar-refractivity contribution is -0.205. The van der Waals surface area contributed by atoms with Crippen molar-refractivity contribution in [1.29, 1.82) is 5.26 Å². The summed E-state index contributed by atoms with van der Waals surface area (Å²) in [4.78, 5) is 25.0. The molecule has 11 heteroatoms. The summed E-state index contributed by atoms with van der Waals surface area (Å²) in [7, 11) is 0. The zero-order valence-electron chi connectivity index (χ0n) is 16.2. The number of ether oxygens (including phenoxy) is 2. The molecule has 0 unspecified atom stereocenters. The van der Waals surface area contributed by atoms with E-state index in [4.69, 9.17) is 0 Å². The predicted octanol–water partition coefficient (Wildman–Crippen LogP) is 3.72. The van der Waals surface area contributed by atoms with Gasteiger partial charge in [-0.15, -0.1) is 11.3 Å². The Labute approximate surface area is 170 Å². The number of fused-ring (bicyclic) bond motifs is 1. The predicted molar refractivity (Wildman–Crippen MR) is 99.4 cm³/mol. The molecule has 0 aromatic carbocycles. The molecule has 2 N–H and O–H groups in total. The van der Waals surface area contributed by atoms with Gasteiger partial charge in [0, 0.05) is 4.88 Å². The fraction of sp³-hybridized carbons (Fsp3) is 0.611. The summed E-state index contributed by atoms with van der Waals surface area (Å²) in [6.07, 6.45) is -4.74. The second-order valence-electron chi connectivity index (χ2n) is 6.61. The SMILES string of the molecule is CCOC(=O)N[C@@](Nc1sc2c(c1C#N)CC[C@@H](C)C2)(C(=O)OCC)C(F)(F)F. The first-order chi connectivity index (χ1) is 13.6. The third-order valence-electron chi connectivity index (χ3n) is 4.50. The van der Waals surface area contributed by atoms with Crippen LogP contribution in [0.4, 0.5) is 23.0 Å². The van der Waals surface area contributed by atoms with Crippen molar-refractivity contribution in [3.05, 3.63) is 16.0 Å². The van der Waals surface area contributed by atoms with Crippen molar-refractivity contribution in [1.82, 2.24) is 5.32 Å². The third-order valence-corrected chi connectivity index (χ3v) is 5.67. The Kier molecular flexibility index (Phi) is 7.00. The molecule has 0 radical (unpaired) electrons. The summed E-state index contributed by atoms with van der Waals surface area (Å²) in [5.74, 6) is -1.42. The molecular formula is C18H22F3N3O4S. The number of rotatable bonds is 6. The zero-order valence-corrected chi connectivity index (χ0v) is 17.1. The monoisotopic (exact) mass is 433 g/mol. The summed E-state index contributed by atoms with van der Waals surface area (Å²) in [5.41, 5.74) is -2.88. The number of nitriles is 1. The largest absolute Gasteiger partial charge is 0.463 e. The lowest BCUT2D eigenvalue weighted by atomic mass is 9.88. The quantitative estimate of drug-likeness (QED) is 0.524. The molecule has 1 aromatic rings. The van der Waals surface area contributed by atoms with E-state index in [9.17, 15) is 28.0 Å². The van der Waals surface area contributed by atoms with Gasteiger partial charge in [0.15, 0.2) is 0 Å². The number of carbonyl (C=O) groups excluding carboxylic acids is 2. The van der Waals surface area contributed by atoms with Gasteiger partial charge in [0.1, 0.15) is 11.1 Å². The van der Waals surface area contributed by atoms with Crippen molar-refractivity contribution in [3.63, 3.8) is 0 Å². The number of hydrogen-bond donors (Lipinski definition) is 2. The molecule has 1 aliphatic carbocycles. The molecule has 0 spiro atoms. The number of anilines is 1. The number of carbonyl (C=O) groups is 2. The van der Waals surface area contributed by atoms with Crippen LogP contribution in [0.15, 0.2) is 0 Å². The second-order valence-corrected chi connectivity index (χ2v) is 7.71. The summed E-state index contributed by atoms with van der Waals surface area (Å²) in [6, 6.07) is 1.93. The molecule has 2 rings (SSSR count). The molecule has 29 heavy (non-hydrogen) atoms. The van der Waals surface area contributed by atoms with Crippen LogP contribution in [0.1, 0.15) is 43.2 Å². The van der Waals surface area contributed by atoms with Gasteiger partial charge in [-0.25, -0.2) is 9.59 Å². The molecule has 1 aliphatic rings. The maximum absolute atomic E-state index is 14.1. The number of thiophene rings is 1. The molecule has 160 valence electrons. The Bertz CT molecular complexity index is 818. The summed E-state index contributed by atoms with van der Waals surface area (Å²) < 4.78 is 51.5. The van der Waals surface area contributed by atoms with Crippen molar-refractivity contribution in [2.75, 3.05) is 18.5 Å². The minimum atomic E-state index is -5.28. The Hall–Kier alpha value is -2.48. The smallest absolute Gasteiger partial charge is 0.442 e. The molecule has 1 heterocycles. The fourth-order valence-corrected chi connectivity index (χ4v) is 4.49. The van der Waals surface area contributed by atoms with Crippen LogP contribution in [0.5, 0.6) is 0 Å². The van der Waals surface area contributed by atoms with E-state index < -0.39 is 23.9 Å². The Morgan fingerprint density at radius 3 is 2.48 bits per heavy atom. The molecule has 0 aliphatic heterocycles. The molecule has 0 saturated carbocycles. The first-order valence-electron chi connectivity index (χ1n) is 9.11. The topological polar surface area (TPSA) is 100 Å². The average Bonchev–Trinajstić information content (AvgIpc) is 2.96. The number of halogens is 3. The highest BCUT2D eigenvalue weighted by Gasteiger charge is 2.64. The van der Waals surface area contributed by atoms with Crippen LogP contribution in [0.3, 0.4) is 0 Å². The summed E-state index contributed by atoms with van der Waals surface area (Å²) in [5, 5.41) is 13.1. The lowest BCUT2D eigenvalue weighted by Gasteiger charge is -2.34. The molecule has 0 bridgehead atoms. The van der Waals surface area contributed by atoms with Gasteiger partial charge in [0.05, 0.1) is 18.8 Å². The van der Waals surface area contributed by atoms with E-state index in [0.29, 0.717) is 24.3 Å². The number of hydrogen-bond acceptors (Lipinski definition) is 7. The van der Waals surface area contributed by atoms with E-state index in [1.54, 1.807) is 5.32 Å². The fourth-order valence-electron chi connectivity index (χ4n) is 3.08. The highest BCUT2D eigenvalue weighted by atomic mass is 32.1. The van der Waals surface area contributed by atoms with Gasteiger partial charge in [-0.1, -0.05) is 6.92 Å².